The maximum absolute atomic E-state index is 12.4. The first-order valence-corrected chi connectivity index (χ1v) is 9.56. The minimum atomic E-state index is -0.112. The summed E-state index contributed by atoms with van der Waals surface area (Å²) in [4.78, 5) is 26.0. The van der Waals surface area contributed by atoms with E-state index < -0.39 is 0 Å². The summed E-state index contributed by atoms with van der Waals surface area (Å²) in [5, 5.41) is 12.8. The van der Waals surface area contributed by atoms with Gasteiger partial charge in [0.05, 0.1) is 36.1 Å². The van der Waals surface area contributed by atoms with E-state index in [4.69, 9.17) is 5.11 Å². The second kappa shape index (κ2) is 7.05. The number of aryl methyl sites for hydroxylation is 1. The van der Waals surface area contributed by atoms with Crippen LogP contribution in [-0.4, -0.2) is 52.4 Å². The minimum absolute atomic E-state index is 0.0753. The molecule has 1 aliphatic rings. The molecule has 3 heterocycles. The van der Waals surface area contributed by atoms with Crippen molar-refractivity contribution in [1.29, 1.82) is 0 Å². The van der Waals surface area contributed by atoms with Gasteiger partial charge in [0.2, 0.25) is 0 Å². The molecule has 0 radical (unpaired) electrons. The van der Waals surface area contributed by atoms with E-state index in [0.29, 0.717) is 10.9 Å². The lowest BCUT2D eigenvalue weighted by Crippen LogP contribution is -2.46. The van der Waals surface area contributed by atoms with Crippen molar-refractivity contribution in [2.45, 2.75) is 13.5 Å². The molecule has 0 atom stereocenters. The second-order valence-corrected chi connectivity index (χ2v) is 7.25. The summed E-state index contributed by atoms with van der Waals surface area (Å²) in [6.07, 6.45) is 1.51. The molecule has 0 unspecified atom stereocenters. The van der Waals surface area contributed by atoms with Crippen LogP contribution in [0.3, 0.4) is 0 Å². The van der Waals surface area contributed by atoms with Crippen LogP contribution in [0.15, 0.2) is 34.7 Å². The Morgan fingerprint density at radius 2 is 1.96 bits per heavy atom. The molecule has 1 aliphatic heterocycles. The molecule has 7 nitrogen and oxygen atoms in total. The number of thiazole rings is 1. The lowest BCUT2D eigenvalue weighted by molar-refractivity contribution is 0.274. The van der Waals surface area contributed by atoms with E-state index in [1.807, 2.05) is 25.1 Å². The summed E-state index contributed by atoms with van der Waals surface area (Å²) in [7, 11) is 0. The third-order valence-corrected chi connectivity index (χ3v) is 5.69. The van der Waals surface area contributed by atoms with E-state index in [2.05, 4.69) is 25.1 Å². The Bertz CT molecular complexity index is 975. The Morgan fingerprint density at radius 1 is 1.19 bits per heavy atom. The Labute approximate surface area is 155 Å². The van der Waals surface area contributed by atoms with Crippen LogP contribution in [0.2, 0.25) is 0 Å². The maximum atomic E-state index is 12.4. The van der Waals surface area contributed by atoms with Crippen molar-refractivity contribution in [2.75, 3.05) is 42.6 Å². The van der Waals surface area contributed by atoms with Crippen molar-refractivity contribution in [3.8, 4) is 0 Å². The number of anilines is 2. The zero-order valence-corrected chi connectivity index (χ0v) is 15.4. The highest BCUT2D eigenvalue weighted by atomic mass is 32.1. The second-order valence-electron chi connectivity index (χ2n) is 6.41. The molecule has 1 fully saturated rings. The van der Waals surface area contributed by atoms with Crippen LogP contribution in [-0.2, 0) is 6.54 Å². The van der Waals surface area contributed by atoms with E-state index in [9.17, 15) is 4.79 Å². The van der Waals surface area contributed by atoms with Gasteiger partial charge in [-0.3, -0.25) is 9.36 Å². The van der Waals surface area contributed by atoms with Crippen LogP contribution in [0.5, 0.6) is 0 Å². The Hall–Kier alpha value is -2.45. The van der Waals surface area contributed by atoms with Gasteiger partial charge in [-0.1, -0.05) is 0 Å². The number of fused-ring (bicyclic) bond motifs is 1. The van der Waals surface area contributed by atoms with Gasteiger partial charge in [0.1, 0.15) is 0 Å². The fourth-order valence-corrected chi connectivity index (χ4v) is 4.11. The summed E-state index contributed by atoms with van der Waals surface area (Å²) in [5.74, 6) is 0. The number of nitrogens with zero attached hydrogens (tertiary/aromatic N) is 5. The van der Waals surface area contributed by atoms with Gasteiger partial charge in [-0.2, -0.15) is 0 Å². The van der Waals surface area contributed by atoms with Gasteiger partial charge in [0, 0.05) is 37.2 Å². The van der Waals surface area contributed by atoms with Gasteiger partial charge in [-0.25, -0.2) is 9.97 Å². The predicted molar refractivity (Wildman–Crippen MR) is 104 cm³/mol. The molecule has 3 aromatic rings. The minimum Gasteiger partial charge on any atom is -0.395 e. The molecule has 1 saturated heterocycles. The summed E-state index contributed by atoms with van der Waals surface area (Å²) < 4.78 is 1.44. The number of rotatable bonds is 4. The quantitative estimate of drug-likeness (QED) is 0.749. The van der Waals surface area contributed by atoms with E-state index in [1.54, 1.807) is 11.3 Å². The lowest BCUT2D eigenvalue weighted by Gasteiger charge is -2.36. The SMILES string of the molecule is Cc1csc(N2CCN(c3ccc4c(=O)n(CCO)cnc4c3)CC2)n1. The van der Waals surface area contributed by atoms with Gasteiger partial charge in [-0.15, -0.1) is 11.3 Å². The third kappa shape index (κ3) is 3.17. The summed E-state index contributed by atoms with van der Waals surface area (Å²) in [6.45, 7) is 5.88. The first kappa shape index (κ1) is 17.0. The number of benzene rings is 1. The van der Waals surface area contributed by atoms with Gasteiger partial charge in [0.15, 0.2) is 5.13 Å². The van der Waals surface area contributed by atoms with Crippen molar-refractivity contribution in [2.24, 2.45) is 0 Å². The summed E-state index contributed by atoms with van der Waals surface area (Å²) >= 11 is 1.69. The molecule has 1 aromatic carbocycles. The topological polar surface area (TPSA) is 74.5 Å². The monoisotopic (exact) mass is 371 g/mol. The van der Waals surface area contributed by atoms with Crippen LogP contribution in [0.1, 0.15) is 5.69 Å². The van der Waals surface area contributed by atoms with Crippen LogP contribution < -0.4 is 15.4 Å². The molecule has 0 amide bonds. The van der Waals surface area contributed by atoms with Gasteiger partial charge in [0.25, 0.3) is 5.56 Å². The van der Waals surface area contributed by atoms with Crippen LogP contribution in [0.4, 0.5) is 10.8 Å². The average Bonchev–Trinajstić information content (AvgIpc) is 3.10. The largest absolute Gasteiger partial charge is 0.395 e. The van der Waals surface area contributed by atoms with Crippen molar-refractivity contribution < 1.29 is 5.11 Å². The fraction of sp³-hybridized carbons (Fsp3) is 0.389. The molecular weight excluding hydrogens is 350 g/mol. The molecule has 0 aliphatic carbocycles. The lowest BCUT2D eigenvalue weighted by atomic mass is 10.2. The van der Waals surface area contributed by atoms with Gasteiger partial charge in [-0.05, 0) is 25.1 Å². The standard InChI is InChI=1S/C18H21N5O2S/c1-13-11-26-18(20-13)22-6-4-21(5-7-22)14-2-3-15-16(10-14)19-12-23(8-9-24)17(15)25/h2-3,10-12,24H,4-9H2,1H3. The van der Waals surface area contributed by atoms with Crippen molar-refractivity contribution in [1.82, 2.24) is 14.5 Å². The average molecular weight is 371 g/mol. The first-order chi connectivity index (χ1) is 12.7. The van der Waals surface area contributed by atoms with Gasteiger partial charge >= 0.3 is 0 Å². The van der Waals surface area contributed by atoms with Crippen LogP contribution in [0, 0.1) is 6.92 Å². The highest BCUT2D eigenvalue weighted by Crippen LogP contribution is 2.24. The predicted octanol–water partition coefficient (Wildman–Crippen LogP) is 1.48. The molecule has 0 bridgehead atoms. The highest BCUT2D eigenvalue weighted by Gasteiger charge is 2.20. The highest BCUT2D eigenvalue weighted by molar-refractivity contribution is 7.13. The summed E-state index contributed by atoms with van der Waals surface area (Å²) in [6, 6.07) is 5.80. The maximum Gasteiger partial charge on any atom is 0.261 e. The fourth-order valence-electron chi connectivity index (χ4n) is 3.25. The molecule has 1 N–H and O–H groups in total. The molecular formula is C18H21N5O2S. The summed E-state index contributed by atoms with van der Waals surface area (Å²) in [5.41, 5.74) is 2.73. The zero-order chi connectivity index (χ0) is 18.1. The van der Waals surface area contributed by atoms with Crippen LogP contribution in [0.25, 0.3) is 10.9 Å². The Kier molecular flexibility index (Phi) is 4.60. The Morgan fingerprint density at radius 3 is 2.65 bits per heavy atom. The van der Waals surface area contributed by atoms with E-state index in [1.165, 1.54) is 10.9 Å². The molecule has 4 rings (SSSR count). The van der Waals surface area contributed by atoms with E-state index in [-0.39, 0.29) is 18.7 Å². The molecule has 0 saturated carbocycles. The van der Waals surface area contributed by atoms with E-state index in [0.717, 1.165) is 42.7 Å². The number of hydrogen-bond donors (Lipinski definition) is 1. The molecule has 26 heavy (non-hydrogen) atoms. The van der Waals surface area contributed by atoms with Crippen LogP contribution >= 0.6 is 11.3 Å². The smallest absolute Gasteiger partial charge is 0.261 e. The number of aromatic nitrogens is 3. The first-order valence-electron chi connectivity index (χ1n) is 8.68. The number of hydrogen-bond acceptors (Lipinski definition) is 7. The number of piperazine rings is 1. The van der Waals surface area contributed by atoms with E-state index >= 15 is 0 Å². The number of aliphatic hydroxyl groups excluding tert-OH is 1. The Balaban J connectivity index is 1.52. The van der Waals surface area contributed by atoms with Crippen molar-refractivity contribution >= 4 is 33.1 Å². The number of aliphatic hydroxyl groups is 1. The molecule has 0 spiro atoms. The third-order valence-electron chi connectivity index (χ3n) is 4.67. The molecule has 2 aromatic heterocycles. The normalized spacial score (nSPS) is 15.0. The van der Waals surface area contributed by atoms with Gasteiger partial charge < -0.3 is 14.9 Å². The molecule has 136 valence electrons. The molecule has 8 heteroatoms. The van der Waals surface area contributed by atoms with Crippen molar-refractivity contribution in [3.05, 3.63) is 46.0 Å². The van der Waals surface area contributed by atoms with Crippen molar-refractivity contribution in [3.63, 3.8) is 0 Å². The zero-order valence-electron chi connectivity index (χ0n) is 14.6.